The molecule has 0 rings (SSSR count). The zero-order chi connectivity index (χ0) is 21.2. The van der Waals surface area contributed by atoms with E-state index < -0.39 is 18.5 Å². The average molecular weight is 446 g/mol. The first kappa shape index (κ1) is 34.9. The van der Waals surface area contributed by atoms with Crippen LogP contribution in [-0.4, -0.2) is 72.1 Å². The van der Waals surface area contributed by atoms with Crippen molar-refractivity contribution in [2.75, 3.05) is 39.3 Å². The Morgan fingerprint density at radius 3 is 1.70 bits per heavy atom. The zero-order valence-electron chi connectivity index (χ0n) is 19.2. The second-order valence-electron chi connectivity index (χ2n) is 7.14. The van der Waals surface area contributed by atoms with E-state index in [2.05, 4.69) is 6.92 Å². The van der Waals surface area contributed by atoms with Crippen molar-refractivity contribution in [1.29, 1.82) is 0 Å². The molecular weight excluding hydrogens is 410 g/mol. The van der Waals surface area contributed by atoms with E-state index in [9.17, 15) is 24.6 Å². The Labute approximate surface area is 225 Å². The summed E-state index contributed by atoms with van der Waals surface area (Å²) in [5.41, 5.74) is 0. The molecule has 0 unspecified atom stereocenters. The summed E-state index contributed by atoms with van der Waals surface area (Å²) in [7, 11) is 0. The summed E-state index contributed by atoms with van der Waals surface area (Å²) in [6, 6.07) is 0. The van der Waals surface area contributed by atoms with E-state index in [4.69, 9.17) is 5.11 Å². The molecule has 0 bridgehead atoms. The van der Waals surface area contributed by atoms with Gasteiger partial charge < -0.3 is 29.8 Å². The third-order valence-corrected chi connectivity index (χ3v) is 4.62. The number of aliphatic hydroxyl groups excluding tert-OH is 1. The quantitative estimate of drug-likeness (QED) is 0.155. The summed E-state index contributed by atoms with van der Waals surface area (Å²) >= 11 is 0. The van der Waals surface area contributed by atoms with E-state index in [1.165, 1.54) is 41.9 Å². The van der Waals surface area contributed by atoms with E-state index in [1.54, 1.807) is 0 Å². The van der Waals surface area contributed by atoms with Gasteiger partial charge in [-0.05, 0) is 6.42 Å². The molecule has 0 aromatic heterocycles. The Bertz CT molecular complexity index is 455. The maximum absolute atomic E-state index is 12.3. The third-order valence-electron chi connectivity index (χ3n) is 4.62. The van der Waals surface area contributed by atoms with Crippen molar-refractivity contribution < 1.29 is 88.8 Å². The molecule has 8 nitrogen and oxygen atoms in total. The number of rotatable bonds is 19. The number of hydrogen-bond acceptors (Lipinski definition) is 7. The molecule has 0 atom stereocenters. The molecule has 0 saturated heterocycles. The molecule has 1 N–H and O–H groups in total. The molecule has 0 fully saturated rings. The third kappa shape index (κ3) is 21.6. The van der Waals surface area contributed by atoms with Gasteiger partial charge in [0.25, 0.3) is 0 Å². The fraction of sp³-hybridized carbons (Fsp3) is 0.850. The Kier molecular flexibility index (Phi) is 27.9. The van der Waals surface area contributed by atoms with Gasteiger partial charge >= 0.3 is 59.1 Å². The molecule has 0 aromatic carbocycles. The topological polar surface area (TPSA) is 124 Å². The van der Waals surface area contributed by atoms with Crippen molar-refractivity contribution in [2.45, 2.75) is 71.1 Å². The van der Waals surface area contributed by atoms with Crippen molar-refractivity contribution in [2.24, 2.45) is 0 Å². The number of nitrogens with zero attached hydrogens (tertiary/aromatic N) is 2. The standard InChI is InChI=1S/C20H38N2O6.2Na/c1-2-3-4-5-6-7-8-9-10-11-18(24)22(17-20(27)28)13-12-21(14-15-23)16-19(25)26;;/h23H,2-17H2,1H3,(H,25,26)(H,27,28);;/q;2*+1/p-2. The first-order valence-corrected chi connectivity index (χ1v) is 10.4. The molecule has 0 aliphatic rings. The maximum Gasteiger partial charge on any atom is 1.00 e. The van der Waals surface area contributed by atoms with Crippen LogP contribution in [0.5, 0.6) is 0 Å². The number of carboxylic acid groups (broad SMARTS) is 2. The van der Waals surface area contributed by atoms with Crippen molar-refractivity contribution in [3.8, 4) is 0 Å². The molecule has 0 saturated carbocycles. The predicted octanol–water partition coefficient (Wildman–Crippen LogP) is -6.46. The van der Waals surface area contributed by atoms with Gasteiger partial charge in [-0.3, -0.25) is 9.69 Å². The summed E-state index contributed by atoms with van der Waals surface area (Å²) in [6.07, 6.45) is 10.4. The molecule has 0 aliphatic carbocycles. The van der Waals surface area contributed by atoms with Crippen molar-refractivity contribution >= 4 is 17.8 Å². The number of carboxylic acids is 2. The van der Waals surface area contributed by atoms with Gasteiger partial charge in [0.1, 0.15) is 0 Å². The number of aliphatic carboxylic acids is 2. The van der Waals surface area contributed by atoms with Crippen LogP contribution in [0.25, 0.3) is 0 Å². The fourth-order valence-electron chi connectivity index (χ4n) is 3.05. The van der Waals surface area contributed by atoms with Crippen LogP contribution in [0.3, 0.4) is 0 Å². The van der Waals surface area contributed by atoms with Gasteiger partial charge in [-0.25, -0.2) is 0 Å². The van der Waals surface area contributed by atoms with Gasteiger partial charge in [0, 0.05) is 32.6 Å². The first-order chi connectivity index (χ1) is 13.4. The van der Waals surface area contributed by atoms with Crippen LogP contribution in [-0.2, 0) is 14.4 Å². The van der Waals surface area contributed by atoms with E-state index in [0.29, 0.717) is 6.42 Å². The Morgan fingerprint density at radius 1 is 0.733 bits per heavy atom. The number of hydrogen-bond donors (Lipinski definition) is 1. The average Bonchev–Trinajstić information content (AvgIpc) is 2.62. The molecule has 0 radical (unpaired) electrons. The second kappa shape index (κ2) is 24.0. The normalized spacial score (nSPS) is 10.2. The maximum atomic E-state index is 12.3. The first-order valence-electron chi connectivity index (χ1n) is 10.4. The van der Waals surface area contributed by atoms with Crippen LogP contribution in [0, 0.1) is 0 Å². The number of carbonyl (C=O) groups excluding carboxylic acids is 3. The molecule has 164 valence electrons. The summed E-state index contributed by atoms with van der Waals surface area (Å²) in [5, 5.41) is 30.6. The Balaban J connectivity index is -0.00000364. The number of amides is 1. The summed E-state index contributed by atoms with van der Waals surface area (Å²) < 4.78 is 0. The zero-order valence-corrected chi connectivity index (χ0v) is 23.2. The molecule has 0 aromatic rings. The van der Waals surface area contributed by atoms with E-state index in [1.807, 2.05) is 0 Å². The molecule has 0 aliphatic heterocycles. The van der Waals surface area contributed by atoms with Crippen LogP contribution in [0.1, 0.15) is 71.1 Å². The minimum Gasteiger partial charge on any atom is -0.549 e. The smallest absolute Gasteiger partial charge is 0.549 e. The Morgan fingerprint density at radius 2 is 1.23 bits per heavy atom. The second-order valence-corrected chi connectivity index (χ2v) is 7.14. The predicted molar refractivity (Wildman–Crippen MR) is 102 cm³/mol. The molecular formula is C20H36N2Na2O6. The number of unbranched alkanes of at least 4 members (excludes halogenated alkanes) is 8. The summed E-state index contributed by atoms with van der Waals surface area (Å²) in [4.78, 5) is 36.5. The monoisotopic (exact) mass is 446 g/mol. The van der Waals surface area contributed by atoms with E-state index in [-0.39, 0.29) is 104 Å². The molecule has 10 heteroatoms. The SMILES string of the molecule is CCCCCCCCCCCC(=O)N(CCN(CCO)CC(=O)[O-])CC(=O)[O-].[Na+].[Na+]. The molecule has 1 amide bonds. The minimum absolute atomic E-state index is 0. The van der Waals surface area contributed by atoms with Crippen LogP contribution in [0.4, 0.5) is 0 Å². The van der Waals surface area contributed by atoms with Crippen molar-refractivity contribution in [3.05, 3.63) is 0 Å². The van der Waals surface area contributed by atoms with Crippen LogP contribution >= 0.6 is 0 Å². The van der Waals surface area contributed by atoms with E-state index >= 15 is 0 Å². The van der Waals surface area contributed by atoms with Gasteiger partial charge in [0.2, 0.25) is 5.91 Å². The summed E-state index contributed by atoms with van der Waals surface area (Å²) in [5.74, 6) is -2.92. The van der Waals surface area contributed by atoms with Gasteiger partial charge in [0.05, 0.1) is 25.1 Å². The van der Waals surface area contributed by atoms with Crippen LogP contribution in [0.15, 0.2) is 0 Å². The van der Waals surface area contributed by atoms with Crippen molar-refractivity contribution in [3.63, 3.8) is 0 Å². The molecule has 0 spiro atoms. The Hall–Kier alpha value is 0.330. The number of carbonyl (C=O) groups is 3. The van der Waals surface area contributed by atoms with Crippen LogP contribution < -0.4 is 69.3 Å². The van der Waals surface area contributed by atoms with Gasteiger partial charge in [-0.15, -0.1) is 0 Å². The van der Waals surface area contributed by atoms with Crippen LogP contribution in [0.2, 0.25) is 0 Å². The van der Waals surface area contributed by atoms with Gasteiger partial charge in [-0.2, -0.15) is 0 Å². The van der Waals surface area contributed by atoms with E-state index in [0.717, 1.165) is 19.3 Å². The van der Waals surface area contributed by atoms with Crippen molar-refractivity contribution in [1.82, 2.24) is 9.80 Å². The molecule has 30 heavy (non-hydrogen) atoms. The summed E-state index contributed by atoms with van der Waals surface area (Å²) in [6.45, 7) is 1.37. The molecule has 0 heterocycles. The van der Waals surface area contributed by atoms with Gasteiger partial charge in [-0.1, -0.05) is 58.3 Å². The fourth-order valence-corrected chi connectivity index (χ4v) is 3.05. The van der Waals surface area contributed by atoms with Gasteiger partial charge in [0.15, 0.2) is 0 Å². The minimum atomic E-state index is -1.35. The largest absolute Gasteiger partial charge is 1.00 e. The number of aliphatic hydroxyl groups is 1.